The van der Waals surface area contributed by atoms with Gasteiger partial charge in [0.05, 0.1) is 5.56 Å². The first-order chi connectivity index (χ1) is 9.56. The second-order valence-corrected chi connectivity index (χ2v) is 4.65. The molecule has 0 atom stereocenters. The van der Waals surface area contributed by atoms with Crippen LogP contribution in [-0.4, -0.2) is 17.0 Å². The van der Waals surface area contributed by atoms with Crippen molar-refractivity contribution >= 4 is 35.0 Å². The maximum absolute atomic E-state index is 13.7. The Labute approximate surface area is 118 Å². The summed E-state index contributed by atoms with van der Waals surface area (Å²) >= 11 is 1.39. The van der Waals surface area contributed by atoms with Crippen LogP contribution in [0, 0.1) is 5.82 Å². The summed E-state index contributed by atoms with van der Waals surface area (Å²) in [6.07, 6.45) is 2.00. The van der Waals surface area contributed by atoms with E-state index < -0.39 is 11.8 Å². The Morgan fingerprint density at radius 2 is 2.10 bits per heavy atom. The summed E-state index contributed by atoms with van der Waals surface area (Å²) in [7, 11) is 0. The standard InChI is InChI=1S/C14H10FNO3S/c15-12-7-11(3-1-9(12)2-4-13(17)18)16-14(19)10-5-6-20-8-10/h1-8H,(H,16,19)(H,17,18). The highest BCUT2D eigenvalue weighted by Gasteiger charge is 2.08. The van der Waals surface area contributed by atoms with E-state index >= 15 is 0 Å². The van der Waals surface area contributed by atoms with Crippen LogP contribution in [-0.2, 0) is 4.79 Å². The number of aliphatic carboxylic acids is 1. The Bertz CT molecular complexity index is 665. The molecule has 20 heavy (non-hydrogen) atoms. The lowest BCUT2D eigenvalue weighted by Crippen LogP contribution is -2.10. The molecule has 1 amide bonds. The van der Waals surface area contributed by atoms with E-state index in [0.29, 0.717) is 11.3 Å². The number of thiophene rings is 1. The highest BCUT2D eigenvalue weighted by molar-refractivity contribution is 7.08. The quantitative estimate of drug-likeness (QED) is 0.850. The van der Waals surface area contributed by atoms with Crippen molar-refractivity contribution in [3.05, 3.63) is 58.0 Å². The maximum Gasteiger partial charge on any atom is 0.328 e. The zero-order chi connectivity index (χ0) is 14.5. The van der Waals surface area contributed by atoms with Crippen molar-refractivity contribution in [2.24, 2.45) is 0 Å². The minimum Gasteiger partial charge on any atom is -0.478 e. The highest BCUT2D eigenvalue weighted by atomic mass is 32.1. The van der Waals surface area contributed by atoms with Gasteiger partial charge in [0.1, 0.15) is 5.82 Å². The number of anilines is 1. The van der Waals surface area contributed by atoms with Crippen LogP contribution in [0.1, 0.15) is 15.9 Å². The summed E-state index contributed by atoms with van der Waals surface area (Å²) in [6, 6.07) is 5.72. The van der Waals surface area contributed by atoms with E-state index in [2.05, 4.69) is 5.32 Å². The number of nitrogens with one attached hydrogen (secondary N) is 1. The fraction of sp³-hybridized carbons (Fsp3) is 0. The third-order valence-corrected chi connectivity index (χ3v) is 3.13. The van der Waals surface area contributed by atoms with Crippen molar-refractivity contribution in [1.82, 2.24) is 0 Å². The molecule has 0 fully saturated rings. The lowest BCUT2D eigenvalue weighted by molar-refractivity contribution is -0.131. The van der Waals surface area contributed by atoms with E-state index in [-0.39, 0.29) is 11.5 Å². The van der Waals surface area contributed by atoms with Gasteiger partial charge in [-0.1, -0.05) is 0 Å². The molecule has 0 aliphatic heterocycles. The SMILES string of the molecule is O=C(O)C=Cc1ccc(NC(=O)c2ccsc2)cc1F. The second-order valence-electron chi connectivity index (χ2n) is 3.87. The van der Waals surface area contributed by atoms with Crippen LogP contribution in [0.2, 0.25) is 0 Å². The average Bonchev–Trinajstić information content (AvgIpc) is 2.91. The fourth-order valence-corrected chi connectivity index (χ4v) is 2.13. The van der Waals surface area contributed by atoms with Crippen LogP contribution in [0.15, 0.2) is 41.1 Å². The van der Waals surface area contributed by atoms with Gasteiger partial charge in [0.2, 0.25) is 0 Å². The molecule has 4 nitrogen and oxygen atoms in total. The molecule has 102 valence electrons. The van der Waals surface area contributed by atoms with Crippen LogP contribution in [0.25, 0.3) is 6.08 Å². The van der Waals surface area contributed by atoms with Crippen molar-refractivity contribution in [2.75, 3.05) is 5.32 Å². The molecule has 0 bridgehead atoms. The normalized spacial score (nSPS) is 10.7. The molecule has 1 aromatic heterocycles. The number of carbonyl (C=O) groups excluding carboxylic acids is 1. The lowest BCUT2D eigenvalue weighted by Gasteiger charge is -2.05. The number of halogens is 1. The number of amides is 1. The van der Waals surface area contributed by atoms with Crippen LogP contribution >= 0.6 is 11.3 Å². The third-order valence-electron chi connectivity index (χ3n) is 2.45. The minimum atomic E-state index is -1.15. The zero-order valence-electron chi connectivity index (χ0n) is 10.2. The van der Waals surface area contributed by atoms with Gasteiger partial charge in [-0.2, -0.15) is 11.3 Å². The average molecular weight is 291 g/mol. The van der Waals surface area contributed by atoms with E-state index in [9.17, 15) is 14.0 Å². The summed E-state index contributed by atoms with van der Waals surface area (Å²) in [5.41, 5.74) is 0.956. The summed E-state index contributed by atoms with van der Waals surface area (Å²) in [5, 5.41) is 14.5. The van der Waals surface area contributed by atoms with Crippen molar-refractivity contribution in [3.63, 3.8) is 0 Å². The fourth-order valence-electron chi connectivity index (χ4n) is 1.50. The molecule has 6 heteroatoms. The van der Waals surface area contributed by atoms with Crippen LogP contribution < -0.4 is 5.32 Å². The number of carbonyl (C=O) groups is 2. The van der Waals surface area contributed by atoms with E-state index in [1.54, 1.807) is 16.8 Å². The summed E-state index contributed by atoms with van der Waals surface area (Å²) in [4.78, 5) is 22.1. The van der Waals surface area contributed by atoms with Crippen molar-refractivity contribution in [2.45, 2.75) is 0 Å². The summed E-state index contributed by atoms with van der Waals surface area (Å²) in [5.74, 6) is -2.08. The topological polar surface area (TPSA) is 66.4 Å². The van der Waals surface area contributed by atoms with Crippen molar-refractivity contribution in [1.29, 1.82) is 0 Å². The van der Waals surface area contributed by atoms with Crippen LogP contribution in [0.4, 0.5) is 10.1 Å². The monoisotopic (exact) mass is 291 g/mol. The summed E-state index contributed by atoms with van der Waals surface area (Å²) in [6.45, 7) is 0. The number of hydrogen-bond donors (Lipinski definition) is 2. The second kappa shape index (κ2) is 6.12. The molecule has 0 aliphatic rings. The molecule has 1 aromatic carbocycles. The first kappa shape index (κ1) is 14.0. The number of carboxylic acid groups (broad SMARTS) is 1. The van der Waals surface area contributed by atoms with Gasteiger partial charge in [0.25, 0.3) is 5.91 Å². The Morgan fingerprint density at radius 3 is 2.70 bits per heavy atom. The van der Waals surface area contributed by atoms with Crippen LogP contribution in [0.5, 0.6) is 0 Å². The largest absolute Gasteiger partial charge is 0.478 e. The van der Waals surface area contributed by atoms with Gasteiger partial charge in [-0.25, -0.2) is 9.18 Å². The molecule has 0 radical (unpaired) electrons. The maximum atomic E-state index is 13.7. The lowest BCUT2D eigenvalue weighted by atomic mass is 10.1. The molecule has 0 saturated heterocycles. The van der Waals surface area contributed by atoms with E-state index in [4.69, 9.17) is 5.11 Å². The number of rotatable bonds is 4. The van der Waals surface area contributed by atoms with E-state index in [0.717, 1.165) is 18.2 Å². The summed E-state index contributed by atoms with van der Waals surface area (Å²) < 4.78 is 13.7. The number of hydrogen-bond acceptors (Lipinski definition) is 3. The Hall–Kier alpha value is -2.47. The molecule has 0 unspecified atom stereocenters. The predicted octanol–water partition coefficient (Wildman–Crippen LogP) is 3.24. The van der Waals surface area contributed by atoms with Gasteiger partial charge in [0, 0.05) is 22.7 Å². The van der Waals surface area contributed by atoms with Crippen molar-refractivity contribution in [3.8, 4) is 0 Å². The van der Waals surface area contributed by atoms with Crippen LogP contribution in [0.3, 0.4) is 0 Å². The number of benzene rings is 1. The van der Waals surface area contributed by atoms with Gasteiger partial charge in [0.15, 0.2) is 0 Å². The predicted molar refractivity (Wildman–Crippen MR) is 75.3 cm³/mol. The Morgan fingerprint density at radius 1 is 1.30 bits per heavy atom. The highest BCUT2D eigenvalue weighted by Crippen LogP contribution is 2.17. The van der Waals surface area contributed by atoms with E-state index in [1.165, 1.54) is 23.5 Å². The smallest absolute Gasteiger partial charge is 0.328 e. The molecular weight excluding hydrogens is 281 g/mol. The van der Waals surface area contributed by atoms with Gasteiger partial charge in [-0.15, -0.1) is 0 Å². The minimum absolute atomic E-state index is 0.140. The molecular formula is C14H10FNO3S. The first-order valence-corrected chi connectivity index (χ1v) is 6.54. The first-order valence-electron chi connectivity index (χ1n) is 5.60. The van der Waals surface area contributed by atoms with Gasteiger partial charge in [-0.3, -0.25) is 4.79 Å². The third kappa shape index (κ3) is 3.52. The van der Waals surface area contributed by atoms with Crippen molar-refractivity contribution < 1.29 is 19.1 Å². The molecule has 2 N–H and O–H groups in total. The van der Waals surface area contributed by atoms with Gasteiger partial charge < -0.3 is 10.4 Å². The van der Waals surface area contributed by atoms with E-state index in [1.807, 2.05) is 0 Å². The molecule has 0 spiro atoms. The molecule has 2 aromatic rings. The Balaban J connectivity index is 2.13. The van der Waals surface area contributed by atoms with Gasteiger partial charge in [-0.05, 0) is 35.7 Å². The molecule has 0 aliphatic carbocycles. The molecule has 1 heterocycles. The zero-order valence-corrected chi connectivity index (χ0v) is 11.0. The number of carboxylic acids is 1. The Kier molecular flexibility index (Phi) is 4.27. The molecule has 2 rings (SSSR count). The van der Waals surface area contributed by atoms with Gasteiger partial charge >= 0.3 is 5.97 Å². The molecule has 0 saturated carbocycles.